The number of nitrogens with two attached hydrogens (primary N) is 1. The summed E-state index contributed by atoms with van der Waals surface area (Å²) in [6.45, 7) is 1.71. The fourth-order valence-corrected chi connectivity index (χ4v) is 2.60. The van der Waals surface area contributed by atoms with E-state index in [1.54, 1.807) is 6.92 Å². The van der Waals surface area contributed by atoms with Crippen LogP contribution < -0.4 is 11.1 Å². The standard InChI is InChI=1S/C14H20FN3O/c1-14(13(16)19,12-8-7-10(15)9-17-12)18-11-5-3-2-4-6-11/h7-9,11,18H,2-6H2,1H3,(H2,16,19). The summed E-state index contributed by atoms with van der Waals surface area (Å²) >= 11 is 0. The quantitative estimate of drug-likeness (QED) is 0.873. The second-order valence-corrected chi connectivity index (χ2v) is 5.33. The number of pyridine rings is 1. The highest BCUT2D eigenvalue weighted by Crippen LogP contribution is 2.24. The van der Waals surface area contributed by atoms with Crippen LogP contribution in [-0.4, -0.2) is 16.9 Å². The smallest absolute Gasteiger partial charge is 0.243 e. The molecule has 0 aliphatic heterocycles. The number of hydrogen-bond donors (Lipinski definition) is 2. The number of aromatic nitrogens is 1. The van der Waals surface area contributed by atoms with Crippen molar-refractivity contribution in [2.45, 2.75) is 50.6 Å². The molecule has 0 radical (unpaired) electrons. The molecule has 1 atom stereocenters. The summed E-state index contributed by atoms with van der Waals surface area (Å²) in [6, 6.07) is 3.07. The predicted molar refractivity (Wildman–Crippen MR) is 70.8 cm³/mol. The normalized spacial score (nSPS) is 19.9. The number of halogens is 1. The van der Waals surface area contributed by atoms with E-state index in [9.17, 15) is 9.18 Å². The molecule has 104 valence electrons. The molecule has 1 aromatic rings. The zero-order valence-electron chi connectivity index (χ0n) is 11.2. The van der Waals surface area contributed by atoms with Crippen LogP contribution in [0.1, 0.15) is 44.7 Å². The summed E-state index contributed by atoms with van der Waals surface area (Å²) < 4.78 is 12.9. The molecule has 0 aromatic carbocycles. The van der Waals surface area contributed by atoms with Crippen molar-refractivity contribution >= 4 is 5.91 Å². The number of nitrogens with zero attached hydrogens (tertiary/aromatic N) is 1. The van der Waals surface area contributed by atoms with Crippen LogP contribution in [0.15, 0.2) is 18.3 Å². The average Bonchev–Trinajstić information content (AvgIpc) is 2.40. The summed E-state index contributed by atoms with van der Waals surface area (Å²) in [6.07, 6.45) is 6.72. The molecule has 1 aliphatic carbocycles. The van der Waals surface area contributed by atoms with Crippen molar-refractivity contribution in [3.05, 3.63) is 29.8 Å². The van der Waals surface area contributed by atoms with Crippen molar-refractivity contribution in [3.8, 4) is 0 Å². The SMILES string of the molecule is CC(NC1CCCCC1)(C(N)=O)c1ccc(F)cn1. The van der Waals surface area contributed by atoms with Gasteiger partial charge in [0.2, 0.25) is 5.91 Å². The molecule has 5 heteroatoms. The van der Waals surface area contributed by atoms with Gasteiger partial charge in [-0.2, -0.15) is 0 Å². The second-order valence-electron chi connectivity index (χ2n) is 5.33. The molecule has 1 saturated carbocycles. The van der Waals surface area contributed by atoms with E-state index in [4.69, 9.17) is 5.73 Å². The molecule has 0 spiro atoms. The topological polar surface area (TPSA) is 68.0 Å². The van der Waals surface area contributed by atoms with Crippen LogP contribution in [-0.2, 0) is 10.3 Å². The molecule has 1 heterocycles. The largest absolute Gasteiger partial charge is 0.368 e. The lowest BCUT2D eigenvalue weighted by Crippen LogP contribution is -2.55. The number of nitrogens with one attached hydrogen (secondary N) is 1. The fourth-order valence-electron chi connectivity index (χ4n) is 2.60. The Kier molecular flexibility index (Phi) is 4.14. The van der Waals surface area contributed by atoms with Crippen LogP contribution in [0.2, 0.25) is 0 Å². The van der Waals surface area contributed by atoms with E-state index in [0.29, 0.717) is 5.69 Å². The van der Waals surface area contributed by atoms with Crippen LogP contribution in [0.25, 0.3) is 0 Å². The maximum Gasteiger partial charge on any atom is 0.243 e. The highest BCUT2D eigenvalue weighted by Gasteiger charge is 2.36. The first-order valence-electron chi connectivity index (χ1n) is 6.72. The Bertz CT molecular complexity index is 443. The zero-order chi connectivity index (χ0) is 13.9. The van der Waals surface area contributed by atoms with Gasteiger partial charge in [0.05, 0.1) is 11.9 Å². The predicted octanol–water partition coefficient (Wildman–Crippen LogP) is 1.84. The third-order valence-electron chi connectivity index (χ3n) is 3.83. The number of amides is 1. The summed E-state index contributed by atoms with van der Waals surface area (Å²) in [5, 5.41) is 3.31. The van der Waals surface area contributed by atoms with Crippen LogP contribution in [0.5, 0.6) is 0 Å². The minimum atomic E-state index is -1.05. The zero-order valence-corrected chi connectivity index (χ0v) is 11.2. The highest BCUT2D eigenvalue weighted by atomic mass is 19.1. The molecule has 0 bridgehead atoms. The van der Waals surface area contributed by atoms with Crippen LogP contribution >= 0.6 is 0 Å². The number of primary amides is 1. The lowest BCUT2D eigenvalue weighted by Gasteiger charge is -2.34. The Morgan fingerprint density at radius 3 is 2.63 bits per heavy atom. The monoisotopic (exact) mass is 265 g/mol. The van der Waals surface area contributed by atoms with Gasteiger partial charge < -0.3 is 5.73 Å². The summed E-state index contributed by atoms with van der Waals surface area (Å²) in [4.78, 5) is 15.8. The average molecular weight is 265 g/mol. The molecular formula is C14H20FN3O. The maximum absolute atomic E-state index is 12.9. The molecule has 1 amide bonds. The first-order valence-corrected chi connectivity index (χ1v) is 6.72. The third-order valence-corrected chi connectivity index (χ3v) is 3.83. The first kappa shape index (κ1) is 13.9. The minimum absolute atomic E-state index is 0.262. The molecule has 0 saturated heterocycles. The molecule has 19 heavy (non-hydrogen) atoms. The van der Waals surface area contributed by atoms with Crippen LogP contribution in [0.3, 0.4) is 0 Å². The number of carbonyl (C=O) groups excluding carboxylic acids is 1. The third kappa shape index (κ3) is 3.10. The lowest BCUT2D eigenvalue weighted by molar-refractivity contribution is -0.124. The van der Waals surface area contributed by atoms with Crippen molar-refractivity contribution in [1.29, 1.82) is 0 Å². The molecule has 1 fully saturated rings. The number of rotatable bonds is 4. The maximum atomic E-state index is 12.9. The summed E-state index contributed by atoms with van der Waals surface area (Å²) in [5.74, 6) is -0.912. The molecular weight excluding hydrogens is 245 g/mol. The summed E-state index contributed by atoms with van der Waals surface area (Å²) in [7, 11) is 0. The van der Waals surface area contributed by atoms with Crippen molar-refractivity contribution in [3.63, 3.8) is 0 Å². The van der Waals surface area contributed by atoms with E-state index in [1.165, 1.54) is 18.6 Å². The van der Waals surface area contributed by atoms with Gasteiger partial charge in [0.1, 0.15) is 11.4 Å². The van der Waals surface area contributed by atoms with Crippen molar-refractivity contribution in [2.75, 3.05) is 0 Å². The van der Waals surface area contributed by atoms with Crippen molar-refractivity contribution in [2.24, 2.45) is 5.73 Å². The van der Waals surface area contributed by atoms with E-state index < -0.39 is 17.3 Å². The van der Waals surface area contributed by atoms with Crippen LogP contribution in [0, 0.1) is 5.82 Å². The van der Waals surface area contributed by atoms with Crippen LogP contribution in [0.4, 0.5) is 4.39 Å². The van der Waals surface area contributed by atoms with E-state index in [1.807, 2.05) is 0 Å². The first-order chi connectivity index (χ1) is 9.02. The van der Waals surface area contributed by atoms with Crippen molar-refractivity contribution in [1.82, 2.24) is 10.3 Å². The van der Waals surface area contributed by atoms with Gasteiger partial charge in [-0.15, -0.1) is 0 Å². The Balaban J connectivity index is 2.21. The summed E-state index contributed by atoms with van der Waals surface area (Å²) in [5.41, 5.74) is 4.94. The van der Waals surface area contributed by atoms with Crippen molar-refractivity contribution < 1.29 is 9.18 Å². The molecule has 1 aliphatic rings. The highest BCUT2D eigenvalue weighted by molar-refractivity contribution is 5.85. The number of hydrogen-bond acceptors (Lipinski definition) is 3. The fraction of sp³-hybridized carbons (Fsp3) is 0.571. The molecule has 2 rings (SSSR count). The van der Waals surface area contributed by atoms with Gasteiger partial charge in [0.25, 0.3) is 0 Å². The second kappa shape index (κ2) is 5.65. The Morgan fingerprint density at radius 2 is 2.11 bits per heavy atom. The van der Waals surface area contributed by atoms with E-state index >= 15 is 0 Å². The molecule has 1 aromatic heterocycles. The van der Waals surface area contributed by atoms with Gasteiger partial charge in [-0.3, -0.25) is 15.1 Å². The van der Waals surface area contributed by atoms with Gasteiger partial charge >= 0.3 is 0 Å². The van der Waals surface area contributed by atoms with E-state index in [-0.39, 0.29) is 6.04 Å². The Labute approximate surface area is 112 Å². The lowest BCUT2D eigenvalue weighted by atomic mass is 9.89. The molecule has 1 unspecified atom stereocenters. The van der Waals surface area contributed by atoms with Gasteiger partial charge in [-0.25, -0.2) is 4.39 Å². The Hall–Kier alpha value is -1.49. The van der Waals surface area contributed by atoms with Gasteiger partial charge in [0.15, 0.2) is 0 Å². The van der Waals surface area contributed by atoms with Gasteiger partial charge in [-0.1, -0.05) is 19.3 Å². The van der Waals surface area contributed by atoms with Gasteiger partial charge in [-0.05, 0) is 31.9 Å². The number of carbonyl (C=O) groups is 1. The van der Waals surface area contributed by atoms with E-state index in [0.717, 1.165) is 31.9 Å². The van der Waals surface area contributed by atoms with Gasteiger partial charge in [0, 0.05) is 6.04 Å². The Morgan fingerprint density at radius 1 is 1.42 bits per heavy atom. The molecule has 3 N–H and O–H groups in total. The minimum Gasteiger partial charge on any atom is -0.368 e. The van der Waals surface area contributed by atoms with E-state index in [2.05, 4.69) is 10.3 Å². The molecule has 4 nitrogen and oxygen atoms in total.